The summed E-state index contributed by atoms with van der Waals surface area (Å²) in [5.41, 5.74) is 5.78. The van der Waals surface area contributed by atoms with Crippen molar-refractivity contribution in [2.75, 3.05) is 6.54 Å². The van der Waals surface area contributed by atoms with E-state index in [4.69, 9.17) is 5.73 Å². The van der Waals surface area contributed by atoms with Gasteiger partial charge in [-0.25, -0.2) is 0 Å². The van der Waals surface area contributed by atoms with Crippen molar-refractivity contribution in [1.82, 2.24) is 5.16 Å². The first kappa shape index (κ1) is 7.08. The largest absolute Gasteiger partial charge is 0.387 e. The lowest BCUT2D eigenvalue weighted by atomic mass is 10.2. The number of aromatic nitrogens is 1. The molecule has 1 aromatic heterocycles. The third-order valence-electron chi connectivity index (χ3n) is 1.29. The van der Waals surface area contributed by atoms with Gasteiger partial charge in [0.2, 0.25) is 0 Å². The van der Waals surface area contributed by atoms with Crippen LogP contribution in [0.3, 0.4) is 0 Å². The van der Waals surface area contributed by atoms with E-state index in [1.807, 2.05) is 0 Å². The lowest BCUT2D eigenvalue weighted by Gasteiger charge is -1.88. The first-order chi connectivity index (χ1) is 4.84. The Labute approximate surface area is 58.0 Å². The van der Waals surface area contributed by atoms with Gasteiger partial charge in [0.25, 0.3) is 5.56 Å². The quantitative estimate of drug-likeness (QED) is 0.617. The topological polar surface area (TPSA) is 72.0 Å². The van der Waals surface area contributed by atoms with Gasteiger partial charge in [-0.1, -0.05) is 0 Å². The van der Waals surface area contributed by atoms with Gasteiger partial charge in [0, 0.05) is 0 Å². The van der Waals surface area contributed by atoms with Crippen LogP contribution in [0.4, 0.5) is 0 Å². The molecule has 0 aliphatic rings. The van der Waals surface area contributed by atoms with Crippen molar-refractivity contribution in [1.29, 1.82) is 0 Å². The molecule has 1 rings (SSSR count). The van der Waals surface area contributed by atoms with Crippen molar-refractivity contribution in [2.24, 2.45) is 5.73 Å². The fourth-order valence-electron chi connectivity index (χ4n) is 0.738. The van der Waals surface area contributed by atoms with Gasteiger partial charge < -0.3 is 10.3 Å². The first-order valence-corrected chi connectivity index (χ1v) is 3.19. The predicted octanol–water partition coefficient (Wildman–Crippen LogP) is -0.141. The molecule has 0 bridgehead atoms. The molecule has 0 radical (unpaired) electrons. The third kappa shape index (κ3) is 1.48. The van der Waals surface area contributed by atoms with E-state index < -0.39 is 0 Å². The van der Waals surface area contributed by atoms with Crippen LogP contribution in [0.2, 0.25) is 0 Å². The summed E-state index contributed by atoms with van der Waals surface area (Å²) in [4.78, 5) is 10.7. The van der Waals surface area contributed by atoms with Crippen LogP contribution in [0.1, 0.15) is 12.0 Å². The zero-order chi connectivity index (χ0) is 7.40. The second kappa shape index (κ2) is 3.22. The van der Waals surface area contributed by atoms with Gasteiger partial charge in [-0.05, 0) is 19.4 Å². The second-order valence-corrected chi connectivity index (χ2v) is 2.08. The summed E-state index contributed by atoms with van der Waals surface area (Å²) in [6, 6.07) is 0. The fraction of sp³-hybridized carbons (Fsp3) is 0.500. The van der Waals surface area contributed by atoms with Crippen LogP contribution in [0.5, 0.6) is 0 Å². The van der Waals surface area contributed by atoms with Crippen LogP contribution in [-0.4, -0.2) is 11.7 Å². The van der Waals surface area contributed by atoms with Crippen molar-refractivity contribution >= 4 is 0 Å². The van der Waals surface area contributed by atoms with E-state index >= 15 is 0 Å². The molecular formula is C6H10N2O2. The zero-order valence-electron chi connectivity index (χ0n) is 5.59. The van der Waals surface area contributed by atoms with E-state index in [2.05, 4.69) is 9.68 Å². The van der Waals surface area contributed by atoms with Gasteiger partial charge in [-0.2, -0.15) is 5.16 Å². The maximum atomic E-state index is 10.7. The molecule has 0 saturated heterocycles. The lowest BCUT2D eigenvalue weighted by molar-refractivity contribution is 0.413. The van der Waals surface area contributed by atoms with Crippen LogP contribution < -0.4 is 11.3 Å². The van der Waals surface area contributed by atoms with Crippen LogP contribution in [-0.2, 0) is 6.42 Å². The Hall–Kier alpha value is -1.03. The summed E-state index contributed by atoms with van der Waals surface area (Å²) < 4.78 is 4.56. The van der Waals surface area contributed by atoms with Gasteiger partial charge in [-0.15, -0.1) is 0 Å². The second-order valence-electron chi connectivity index (χ2n) is 2.08. The Balaban J connectivity index is 2.57. The SMILES string of the molecule is NCCCc1co[nH]c1=O. The maximum Gasteiger partial charge on any atom is 0.283 e. The van der Waals surface area contributed by atoms with E-state index in [0.717, 1.165) is 6.42 Å². The van der Waals surface area contributed by atoms with Crippen LogP contribution in [0, 0.1) is 0 Å². The Morgan fingerprint density at radius 1 is 1.70 bits per heavy atom. The Morgan fingerprint density at radius 2 is 2.50 bits per heavy atom. The summed E-state index contributed by atoms with van der Waals surface area (Å²) in [5, 5.41) is 2.21. The molecule has 4 heteroatoms. The van der Waals surface area contributed by atoms with Crippen molar-refractivity contribution in [2.45, 2.75) is 12.8 Å². The van der Waals surface area contributed by atoms with Gasteiger partial charge >= 0.3 is 0 Å². The lowest BCUT2D eigenvalue weighted by Crippen LogP contribution is -2.07. The smallest absolute Gasteiger partial charge is 0.283 e. The van der Waals surface area contributed by atoms with Gasteiger partial charge in [0.05, 0.1) is 5.56 Å². The number of nitrogens with one attached hydrogen (secondary N) is 1. The van der Waals surface area contributed by atoms with Gasteiger partial charge in [0.1, 0.15) is 6.26 Å². The highest BCUT2D eigenvalue weighted by Gasteiger charge is 1.99. The van der Waals surface area contributed by atoms with Crippen LogP contribution >= 0.6 is 0 Å². The van der Waals surface area contributed by atoms with Crippen LogP contribution in [0.25, 0.3) is 0 Å². The van der Waals surface area contributed by atoms with E-state index in [1.54, 1.807) is 0 Å². The average Bonchev–Trinajstić information content (AvgIpc) is 2.31. The van der Waals surface area contributed by atoms with Crippen LogP contribution in [0.15, 0.2) is 15.6 Å². The van der Waals surface area contributed by atoms with E-state index in [1.165, 1.54) is 6.26 Å². The highest BCUT2D eigenvalue weighted by atomic mass is 16.5. The molecule has 0 aromatic carbocycles. The normalized spacial score (nSPS) is 10.1. The number of aromatic amines is 1. The molecule has 0 amide bonds. The molecule has 0 atom stereocenters. The molecule has 0 aliphatic carbocycles. The summed E-state index contributed by atoms with van der Waals surface area (Å²) in [7, 11) is 0. The molecule has 0 saturated carbocycles. The minimum absolute atomic E-state index is 0.145. The molecule has 4 nitrogen and oxygen atoms in total. The molecule has 0 spiro atoms. The number of nitrogens with two attached hydrogens (primary N) is 1. The monoisotopic (exact) mass is 142 g/mol. The first-order valence-electron chi connectivity index (χ1n) is 3.19. The number of hydrogen-bond acceptors (Lipinski definition) is 3. The Kier molecular flexibility index (Phi) is 2.28. The average molecular weight is 142 g/mol. The number of H-pyrrole nitrogens is 1. The summed E-state index contributed by atoms with van der Waals surface area (Å²) in [6.45, 7) is 0.602. The minimum atomic E-state index is -0.145. The molecule has 3 N–H and O–H groups in total. The summed E-state index contributed by atoms with van der Waals surface area (Å²) in [5.74, 6) is 0. The zero-order valence-corrected chi connectivity index (χ0v) is 5.59. The molecular weight excluding hydrogens is 132 g/mol. The predicted molar refractivity (Wildman–Crippen MR) is 36.7 cm³/mol. The Morgan fingerprint density at radius 3 is 3.00 bits per heavy atom. The Bertz CT molecular complexity index is 238. The van der Waals surface area contributed by atoms with E-state index in [0.29, 0.717) is 18.5 Å². The fourth-order valence-corrected chi connectivity index (χ4v) is 0.738. The number of rotatable bonds is 3. The maximum absolute atomic E-state index is 10.7. The molecule has 10 heavy (non-hydrogen) atoms. The molecule has 1 aromatic rings. The third-order valence-corrected chi connectivity index (χ3v) is 1.29. The minimum Gasteiger partial charge on any atom is -0.387 e. The number of aryl methyl sites for hydroxylation is 1. The van der Waals surface area contributed by atoms with Crippen molar-refractivity contribution < 1.29 is 4.52 Å². The molecule has 1 heterocycles. The summed E-state index contributed by atoms with van der Waals surface area (Å²) >= 11 is 0. The van der Waals surface area contributed by atoms with Crippen molar-refractivity contribution in [3.63, 3.8) is 0 Å². The number of hydrogen-bond donors (Lipinski definition) is 2. The van der Waals surface area contributed by atoms with E-state index in [-0.39, 0.29) is 5.56 Å². The molecule has 56 valence electrons. The van der Waals surface area contributed by atoms with E-state index in [9.17, 15) is 4.79 Å². The van der Waals surface area contributed by atoms with Crippen molar-refractivity contribution in [3.8, 4) is 0 Å². The van der Waals surface area contributed by atoms with Crippen molar-refractivity contribution in [3.05, 3.63) is 22.2 Å². The highest BCUT2D eigenvalue weighted by molar-refractivity contribution is 5.00. The molecule has 0 unspecified atom stereocenters. The van der Waals surface area contributed by atoms with Gasteiger partial charge in [-0.3, -0.25) is 4.79 Å². The molecule has 0 fully saturated rings. The standard InChI is InChI=1S/C6H10N2O2/c7-3-1-2-5-4-10-8-6(5)9/h4H,1-3,7H2,(H,8,9). The van der Waals surface area contributed by atoms with Gasteiger partial charge in [0.15, 0.2) is 0 Å². The molecule has 0 aliphatic heterocycles. The summed E-state index contributed by atoms with van der Waals surface area (Å²) in [6.07, 6.45) is 2.95. The highest BCUT2D eigenvalue weighted by Crippen LogP contribution is 1.93.